The highest BCUT2D eigenvalue weighted by molar-refractivity contribution is 5.82. The van der Waals surface area contributed by atoms with Crippen molar-refractivity contribution in [1.29, 1.82) is 5.26 Å². The Bertz CT molecular complexity index is 554. The molecule has 0 aliphatic heterocycles. The molecular weight excluding hydrogens is 254 g/mol. The van der Waals surface area contributed by atoms with E-state index in [0.717, 1.165) is 11.3 Å². The Labute approximate surface area is 119 Å². The van der Waals surface area contributed by atoms with Crippen LogP contribution in [0, 0.1) is 25.2 Å². The molecule has 0 aliphatic carbocycles. The average molecular weight is 275 g/mol. The maximum Gasteiger partial charge on any atom is 0.239 e. The van der Waals surface area contributed by atoms with Crippen molar-refractivity contribution in [3.8, 4) is 6.07 Å². The molecular formula is C14H21N5O. The van der Waals surface area contributed by atoms with Gasteiger partial charge in [-0.05, 0) is 40.2 Å². The van der Waals surface area contributed by atoms with Gasteiger partial charge in [0.15, 0.2) is 5.82 Å². The standard InChI is InChI=1S/C14H21N5O/c1-9-10(2)17-18-13(11(9)7-15)19(6)8-12(20)16-14(3,4)5/h8H2,1-6H3,(H,16,20). The van der Waals surface area contributed by atoms with Crippen molar-refractivity contribution in [2.45, 2.75) is 40.2 Å². The van der Waals surface area contributed by atoms with Crippen molar-refractivity contribution in [2.75, 3.05) is 18.5 Å². The van der Waals surface area contributed by atoms with Crippen LogP contribution in [0.25, 0.3) is 0 Å². The van der Waals surface area contributed by atoms with Gasteiger partial charge in [0.05, 0.1) is 12.2 Å². The van der Waals surface area contributed by atoms with Crippen LogP contribution < -0.4 is 10.2 Å². The van der Waals surface area contributed by atoms with E-state index in [1.807, 2.05) is 27.7 Å². The predicted octanol–water partition coefficient (Wildman–Crippen LogP) is 1.32. The Morgan fingerprint density at radius 1 is 1.35 bits per heavy atom. The number of anilines is 1. The van der Waals surface area contributed by atoms with Gasteiger partial charge < -0.3 is 10.2 Å². The summed E-state index contributed by atoms with van der Waals surface area (Å²) in [7, 11) is 1.72. The number of aromatic nitrogens is 2. The third-order valence-corrected chi connectivity index (χ3v) is 2.80. The maximum absolute atomic E-state index is 11.9. The molecule has 0 saturated heterocycles. The van der Waals surface area contributed by atoms with Gasteiger partial charge in [0.25, 0.3) is 0 Å². The molecule has 1 amide bonds. The lowest BCUT2D eigenvalue weighted by atomic mass is 10.1. The second-order valence-electron chi connectivity index (χ2n) is 5.88. The van der Waals surface area contributed by atoms with E-state index in [-0.39, 0.29) is 18.0 Å². The van der Waals surface area contributed by atoms with Crippen molar-refractivity contribution in [3.05, 3.63) is 16.8 Å². The molecule has 1 aromatic rings. The summed E-state index contributed by atoms with van der Waals surface area (Å²) in [6.45, 7) is 9.52. The van der Waals surface area contributed by atoms with Gasteiger partial charge in [-0.25, -0.2) is 0 Å². The summed E-state index contributed by atoms with van der Waals surface area (Å²) in [5.74, 6) is 0.309. The van der Waals surface area contributed by atoms with Gasteiger partial charge in [-0.15, -0.1) is 5.10 Å². The monoisotopic (exact) mass is 275 g/mol. The van der Waals surface area contributed by atoms with E-state index >= 15 is 0 Å². The lowest BCUT2D eigenvalue weighted by Gasteiger charge is -2.24. The Kier molecular flexibility index (Phi) is 4.66. The van der Waals surface area contributed by atoms with Crippen LogP contribution in [0.3, 0.4) is 0 Å². The molecule has 1 aromatic heterocycles. The number of nitriles is 1. The van der Waals surface area contributed by atoms with E-state index < -0.39 is 0 Å². The minimum Gasteiger partial charge on any atom is -0.350 e. The highest BCUT2D eigenvalue weighted by atomic mass is 16.2. The van der Waals surface area contributed by atoms with Crippen LogP contribution in [0.4, 0.5) is 5.82 Å². The summed E-state index contributed by atoms with van der Waals surface area (Å²) >= 11 is 0. The van der Waals surface area contributed by atoms with Crippen LogP contribution >= 0.6 is 0 Å². The first kappa shape index (κ1) is 15.9. The fourth-order valence-corrected chi connectivity index (χ4v) is 1.75. The summed E-state index contributed by atoms with van der Waals surface area (Å²) in [6.07, 6.45) is 0. The lowest BCUT2D eigenvalue weighted by molar-refractivity contribution is -0.121. The molecule has 0 aliphatic rings. The first-order valence-electron chi connectivity index (χ1n) is 6.42. The number of hydrogen-bond donors (Lipinski definition) is 1. The Balaban J connectivity index is 2.94. The van der Waals surface area contributed by atoms with Crippen molar-refractivity contribution >= 4 is 11.7 Å². The molecule has 0 saturated carbocycles. The molecule has 1 heterocycles. The van der Waals surface area contributed by atoms with Gasteiger partial charge in [0, 0.05) is 12.6 Å². The summed E-state index contributed by atoms with van der Waals surface area (Å²) in [5.41, 5.74) is 1.69. The second-order valence-corrected chi connectivity index (χ2v) is 5.88. The van der Waals surface area contributed by atoms with Crippen LogP contribution in [-0.4, -0.2) is 35.2 Å². The molecule has 20 heavy (non-hydrogen) atoms. The minimum atomic E-state index is -0.287. The second kappa shape index (κ2) is 5.87. The van der Waals surface area contributed by atoms with Crippen LogP contribution in [0.15, 0.2) is 0 Å². The molecule has 0 bridgehead atoms. The van der Waals surface area contributed by atoms with E-state index in [4.69, 9.17) is 0 Å². The third kappa shape index (κ3) is 3.92. The van der Waals surface area contributed by atoms with Crippen LogP contribution in [0.2, 0.25) is 0 Å². The average Bonchev–Trinajstić information content (AvgIpc) is 2.29. The third-order valence-electron chi connectivity index (χ3n) is 2.80. The van der Waals surface area contributed by atoms with Crippen molar-refractivity contribution < 1.29 is 4.79 Å². The van der Waals surface area contributed by atoms with Crippen LogP contribution in [0.1, 0.15) is 37.6 Å². The molecule has 1 N–H and O–H groups in total. The number of hydrogen-bond acceptors (Lipinski definition) is 5. The number of aryl methyl sites for hydroxylation is 1. The van der Waals surface area contributed by atoms with E-state index in [0.29, 0.717) is 11.4 Å². The Morgan fingerprint density at radius 3 is 2.45 bits per heavy atom. The number of carbonyl (C=O) groups is 1. The number of carbonyl (C=O) groups excluding carboxylic acids is 1. The fourth-order valence-electron chi connectivity index (χ4n) is 1.75. The number of nitrogens with one attached hydrogen (secondary N) is 1. The molecule has 0 spiro atoms. The zero-order valence-electron chi connectivity index (χ0n) is 12.9. The van der Waals surface area contributed by atoms with Crippen molar-refractivity contribution in [1.82, 2.24) is 15.5 Å². The van der Waals surface area contributed by atoms with Crippen molar-refractivity contribution in [3.63, 3.8) is 0 Å². The van der Waals surface area contributed by atoms with Crippen molar-refractivity contribution in [2.24, 2.45) is 0 Å². The zero-order chi connectivity index (χ0) is 15.5. The predicted molar refractivity (Wildman–Crippen MR) is 77.4 cm³/mol. The molecule has 6 nitrogen and oxygen atoms in total. The highest BCUT2D eigenvalue weighted by Gasteiger charge is 2.19. The van der Waals surface area contributed by atoms with Gasteiger partial charge in [0.2, 0.25) is 5.91 Å². The van der Waals surface area contributed by atoms with Gasteiger partial charge in [-0.3, -0.25) is 4.79 Å². The SMILES string of the molecule is Cc1nnc(N(C)CC(=O)NC(C)(C)C)c(C#N)c1C. The topological polar surface area (TPSA) is 81.9 Å². The maximum atomic E-state index is 11.9. The number of rotatable bonds is 3. The normalized spacial score (nSPS) is 10.8. The number of amides is 1. The van der Waals surface area contributed by atoms with E-state index in [1.54, 1.807) is 18.9 Å². The largest absolute Gasteiger partial charge is 0.350 e. The van der Waals surface area contributed by atoms with E-state index in [1.165, 1.54) is 0 Å². The smallest absolute Gasteiger partial charge is 0.239 e. The summed E-state index contributed by atoms with van der Waals surface area (Å²) in [5, 5.41) is 20.2. The van der Waals surface area contributed by atoms with Gasteiger partial charge >= 0.3 is 0 Å². The zero-order valence-corrected chi connectivity index (χ0v) is 12.9. The quantitative estimate of drug-likeness (QED) is 0.899. The van der Waals surface area contributed by atoms with Crippen LogP contribution in [-0.2, 0) is 4.79 Å². The summed E-state index contributed by atoms with van der Waals surface area (Å²) < 4.78 is 0. The van der Waals surface area contributed by atoms with Gasteiger partial charge in [-0.1, -0.05) is 0 Å². The fraction of sp³-hybridized carbons (Fsp3) is 0.571. The van der Waals surface area contributed by atoms with Crippen LogP contribution in [0.5, 0.6) is 0 Å². The van der Waals surface area contributed by atoms with E-state index in [2.05, 4.69) is 21.6 Å². The number of nitrogens with zero attached hydrogens (tertiary/aromatic N) is 4. The molecule has 0 aromatic carbocycles. The molecule has 6 heteroatoms. The summed E-state index contributed by atoms with van der Waals surface area (Å²) in [4.78, 5) is 13.5. The molecule has 108 valence electrons. The lowest BCUT2D eigenvalue weighted by Crippen LogP contribution is -2.45. The molecule has 0 unspecified atom stereocenters. The minimum absolute atomic E-state index is 0.121. The van der Waals surface area contributed by atoms with E-state index in [9.17, 15) is 10.1 Å². The van der Waals surface area contributed by atoms with Gasteiger partial charge in [0.1, 0.15) is 11.6 Å². The Hall–Kier alpha value is -2.16. The summed E-state index contributed by atoms with van der Waals surface area (Å²) in [6, 6.07) is 2.13. The first-order chi connectivity index (χ1) is 9.15. The molecule has 0 fully saturated rings. The molecule has 1 rings (SSSR count). The number of likely N-dealkylation sites (N-methyl/N-ethyl adjacent to an activating group) is 1. The molecule has 0 atom stereocenters. The van der Waals surface area contributed by atoms with Gasteiger partial charge in [-0.2, -0.15) is 10.4 Å². The Morgan fingerprint density at radius 2 is 1.95 bits per heavy atom. The highest BCUT2D eigenvalue weighted by Crippen LogP contribution is 2.19. The first-order valence-corrected chi connectivity index (χ1v) is 6.42. The molecule has 0 radical (unpaired) electrons.